The zero-order valence-electron chi connectivity index (χ0n) is 12.3. The molecule has 0 amide bonds. The van der Waals surface area contributed by atoms with E-state index in [1.807, 2.05) is 0 Å². The lowest BCUT2D eigenvalue weighted by Gasteiger charge is -2.10. The Morgan fingerprint density at radius 3 is 1.56 bits per heavy atom. The van der Waals surface area contributed by atoms with Crippen molar-refractivity contribution in [1.82, 2.24) is 12.3 Å². The topological polar surface area (TPSA) is 259 Å². The summed E-state index contributed by atoms with van der Waals surface area (Å²) in [5.74, 6) is 0. The molecule has 0 radical (unpaired) electrons. The number of hydrogen-bond acceptors (Lipinski definition) is 9. The van der Waals surface area contributed by atoms with Gasteiger partial charge in [-0.1, -0.05) is 0 Å². The van der Waals surface area contributed by atoms with Crippen molar-refractivity contribution in [2.45, 2.75) is 14.7 Å². The van der Waals surface area contributed by atoms with E-state index in [1.54, 1.807) is 0 Å². The molecule has 2 rings (SSSR count). The molecule has 0 fully saturated rings. The molecule has 0 aliphatic heterocycles. The van der Waals surface area contributed by atoms with E-state index in [9.17, 15) is 29.8 Å². The Labute approximate surface area is 143 Å². The van der Waals surface area contributed by atoms with E-state index in [2.05, 4.69) is 0 Å². The Hall–Kier alpha value is -1.85. The quantitative estimate of drug-likeness (QED) is 0.294. The second-order valence-electron chi connectivity index (χ2n) is 4.46. The van der Waals surface area contributed by atoms with E-state index in [0.29, 0.717) is 12.1 Å². The van der Waals surface area contributed by atoms with E-state index in [1.165, 1.54) is 0 Å². The van der Waals surface area contributed by atoms with Gasteiger partial charge in [-0.15, -0.1) is 0 Å². The second kappa shape index (κ2) is 6.81. The molecule has 11 N–H and O–H groups in total. The lowest BCUT2D eigenvalue weighted by molar-refractivity contribution is 0.480. The van der Waals surface area contributed by atoms with Crippen LogP contribution in [0.4, 0.5) is 5.69 Å². The number of fused-ring (bicyclic) bond motifs is 1. The Kier molecular flexibility index (Phi) is 6.30. The van der Waals surface area contributed by atoms with Crippen molar-refractivity contribution in [3.05, 3.63) is 24.3 Å². The van der Waals surface area contributed by atoms with E-state index in [4.69, 9.17) is 14.8 Å². The number of benzene rings is 2. The van der Waals surface area contributed by atoms with Crippen LogP contribution in [0.1, 0.15) is 0 Å². The summed E-state index contributed by atoms with van der Waals surface area (Å²) in [7, 11) is -14.5. The molecule has 0 unspecified atom stereocenters. The van der Waals surface area contributed by atoms with E-state index in [-0.39, 0.29) is 23.1 Å². The van der Waals surface area contributed by atoms with Gasteiger partial charge in [0.05, 0.1) is 10.6 Å². The summed E-state index contributed by atoms with van der Waals surface area (Å²) >= 11 is 0. The van der Waals surface area contributed by atoms with Crippen molar-refractivity contribution in [1.29, 1.82) is 0 Å². The molecule has 0 aliphatic rings. The van der Waals surface area contributed by atoms with Gasteiger partial charge in [-0.3, -0.25) is 13.7 Å². The van der Waals surface area contributed by atoms with Crippen molar-refractivity contribution in [2.75, 3.05) is 5.73 Å². The van der Waals surface area contributed by atoms with Crippen molar-refractivity contribution in [3.8, 4) is 0 Å². The van der Waals surface area contributed by atoms with Crippen LogP contribution in [0, 0.1) is 0 Å². The summed E-state index contributed by atoms with van der Waals surface area (Å²) in [6.07, 6.45) is 0. The minimum absolute atomic E-state index is 0. The van der Waals surface area contributed by atoms with E-state index >= 15 is 0 Å². The molecule has 0 aliphatic carbocycles. The fraction of sp³-hybridized carbons (Fsp3) is 0. The Balaban J connectivity index is 0.00000288. The second-order valence-corrected chi connectivity index (χ2v) is 8.66. The van der Waals surface area contributed by atoms with Crippen LogP contribution in [-0.4, -0.2) is 38.9 Å². The molecule has 0 spiro atoms. The summed E-state index contributed by atoms with van der Waals surface area (Å²) in [4.78, 5) is -2.60. The van der Waals surface area contributed by atoms with Crippen LogP contribution in [-0.2, 0) is 30.4 Å². The minimum Gasteiger partial charge on any atom is -0.398 e. The van der Waals surface area contributed by atoms with Gasteiger partial charge >= 0.3 is 0 Å². The maximum atomic E-state index is 11.4. The molecule has 0 atom stereocenters. The van der Waals surface area contributed by atoms with Crippen molar-refractivity contribution in [2.24, 2.45) is 0 Å². The molecular weight excluding hydrogens is 402 g/mol. The van der Waals surface area contributed by atoms with Crippen LogP contribution in [0.5, 0.6) is 0 Å². The first-order chi connectivity index (χ1) is 10.2. The summed E-state index contributed by atoms with van der Waals surface area (Å²) in [5.41, 5.74) is 4.90. The minimum atomic E-state index is -4.92. The fourth-order valence-electron chi connectivity index (χ4n) is 1.93. The summed E-state index contributed by atoms with van der Waals surface area (Å²) in [5, 5.41) is -0.612. The van der Waals surface area contributed by atoms with Gasteiger partial charge < -0.3 is 18.0 Å². The van der Waals surface area contributed by atoms with Gasteiger partial charge in [-0.05, 0) is 29.7 Å². The molecule has 0 aromatic heterocycles. The highest BCUT2D eigenvalue weighted by molar-refractivity contribution is 7.87. The molecule has 15 heteroatoms. The number of rotatable bonds is 3. The Bertz CT molecular complexity index is 1140. The number of nitrogen functional groups attached to an aromatic ring is 1. The number of hydrogen-bond donors (Lipinski definition) is 6. The molecule has 25 heavy (non-hydrogen) atoms. The van der Waals surface area contributed by atoms with E-state index < -0.39 is 50.7 Å². The lowest BCUT2D eigenvalue weighted by Crippen LogP contribution is -2.07. The van der Waals surface area contributed by atoms with Crippen LogP contribution in [0.2, 0.25) is 0 Å². The van der Waals surface area contributed by atoms with Crippen LogP contribution in [0.25, 0.3) is 10.8 Å². The van der Waals surface area contributed by atoms with Gasteiger partial charge in [0.25, 0.3) is 30.4 Å². The standard InChI is InChI=1S/C10H9NO9S3.2H3N/c11-8-4-7-5(2-10(8)23(18,19)20)1-6(21(12,13)14)3-9(7)22(15,16)17;;/h1-4H,11H2,(H,12,13,14)(H,15,16,17)(H,18,19,20);2*1H3. The Morgan fingerprint density at radius 2 is 1.16 bits per heavy atom. The van der Waals surface area contributed by atoms with Crippen LogP contribution >= 0.6 is 0 Å². The number of anilines is 1. The molecule has 2 aromatic carbocycles. The molecule has 2 aromatic rings. The first kappa shape index (κ1) is 23.1. The van der Waals surface area contributed by atoms with Crippen LogP contribution < -0.4 is 18.0 Å². The van der Waals surface area contributed by atoms with Crippen molar-refractivity contribution >= 4 is 46.8 Å². The third-order valence-electron chi connectivity index (χ3n) is 2.87. The third kappa shape index (κ3) is 4.61. The third-order valence-corrected chi connectivity index (χ3v) is 5.51. The monoisotopic (exact) mass is 417 g/mol. The van der Waals surface area contributed by atoms with Gasteiger partial charge in [-0.2, -0.15) is 25.3 Å². The smallest absolute Gasteiger partial charge is 0.296 e. The summed E-state index contributed by atoms with van der Waals surface area (Å²) in [6.45, 7) is 0. The molecular formula is C10H15N3O9S3. The zero-order valence-corrected chi connectivity index (χ0v) is 14.8. The maximum Gasteiger partial charge on any atom is 0.296 e. The van der Waals surface area contributed by atoms with Gasteiger partial charge in [0, 0.05) is 5.39 Å². The summed E-state index contributed by atoms with van der Waals surface area (Å²) < 4.78 is 94.8. The molecule has 12 nitrogen and oxygen atoms in total. The van der Waals surface area contributed by atoms with E-state index in [0.717, 1.165) is 12.1 Å². The van der Waals surface area contributed by atoms with Crippen molar-refractivity contribution < 1.29 is 38.9 Å². The highest BCUT2D eigenvalue weighted by Gasteiger charge is 2.23. The molecule has 0 saturated carbocycles. The van der Waals surface area contributed by atoms with Gasteiger partial charge in [-0.25, -0.2) is 0 Å². The van der Waals surface area contributed by atoms with Crippen LogP contribution in [0.3, 0.4) is 0 Å². The van der Waals surface area contributed by atoms with Gasteiger partial charge in [0.15, 0.2) is 0 Å². The van der Waals surface area contributed by atoms with Crippen molar-refractivity contribution in [3.63, 3.8) is 0 Å². The average Bonchev–Trinajstić information content (AvgIpc) is 2.32. The SMILES string of the molecule is N.N.Nc1cc2c(S(=O)(=O)O)cc(S(=O)(=O)O)cc2cc1S(=O)(=O)O. The molecule has 0 heterocycles. The highest BCUT2D eigenvalue weighted by Crippen LogP contribution is 2.32. The summed E-state index contributed by atoms with van der Waals surface area (Å²) in [6, 6.07) is 2.78. The first-order valence-corrected chi connectivity index (χ1v) is 9.83. The average molecular weight is 417 g/mol. The Morgan fingerprint density at radius 1 is 0.680 bits per heavy atom. The van der Waals surface area contributed by atoms with Gasteiger partial charge in [0.1, 0.15) is 9.79 Å². The fourth-order valence-corrected chi connectivity index (χ4v) is 3.91. The first-order valence-electron chi connectivity index (χ1n) is 5.51. The predicted molar refractivity (Wildman–Crippen MR) is 87.8 cm³/mol. The number of nitrogens with two attached hydrogens (primary N) is 1. The largest absolute Gasteiger partial charge is 0.398 e. The normalized spacial score (nSPS) is 12.3. The highest BCUT2D eigenvalue weighted by atomic mass is 32.2. The zero-order chi connectivity index (χ0) is 17.8. The maximum absolute atomic E-state index is 11.4. The van der Waals surface area contributed by atoms with Crippen LogP contribution in [0.15, 0.2) is 39.0 Å². The lowest BCUT2D eigenvalue weighted by atomic mass is 10.1. The molecule has 0 saturated heterocycles. The molecule has 0 bridgehead atoms. The molecule has 142 valence electrons. The van der Waals surface area contributed by atoms with Gasteiger partial charge in [0.2, 0.25) is 0 Å². The predicted octanol–water partition coefficient (Wildman–Crippen LogP) is 0.486.